The van der Waals surface area contributed by atoms with Crippen LogP contribution < -0.4 is 20.7 Å². The molecule has 3 amide bonds. The highest BCUT2D eigenvalue weighted by Gasteiger charge is 2.58. The lowest BCUT2D eigenvalue weighted by Gasteiger charge is -2.54. The highest BCUT2D eigenvalue weighted by atomic mass is 32.2. The number of sulfonamides is 1. The maximum absolute atomic E-state index is 13.3. The Morgan fingerprint density at radius 3 is 2.31 bits per heavy atom. The average Bonchev–Trinajstić information content (AvgIpc) is 3.70. The van der Waals surface area contributed by atoms with Crippen molar-refractivity contribution in [2.75, 3.05) is 17.2 Å². The van der Waals surface area contributed by atoms with Gasteiger partial charge in [0.05, 0.1) is 11.2 Å². The number of fused-ring (bicyclic) bond motifs is 2. The van der Waals surface area contributed by atoms with Crippen LogP contribution in [0.15, 0.2) is 41.8 Å². The predicted molar refractivity (Wildman–Crippen MR) is 172 cm³/mol. The van der Waals surface area contributed by atoms with Crippen molar-refractivity contribution in [2.45, 2.75) is 94.1 Å². The van der Waals surface area contributed by atoms with Gasteiger partial charge in [0.15, 0.2) is 35.1 Å². The lowest BCUT2D eigenvalue weighted by Crippen LogP contribution is -2.55. The van der Waals surface area contributed by atoms with E-state index in [9.17, 15) is 18.0 Å². The van der Waals surface area contributed by atoms with E-state index in [2.05, 4.69) is 35.6 Å². The fourth-order valence-electron chi connectivity index (χ4n) is 8.77. The quantitative estimate of drug-likeness (QED) is 0.275. The van der Waals surface area contributed by atoms with E-state index in [1.807, 2.05) is 6.92 Å². The van der Waals surface area contributed by atoms with Crippen LogP contribution in [-0.2, 0) is 29.0 Å². The molecule has 6 aliphatic rings. The molecule has 256 valence electrons. The first kappa shape index (κ1) is 31.6. The van der Waals surface area contributed by atoms with Gasteiger partial charge in [0.25, 0.3) is 5.91 Å². The van der Waals surface area contributed by atoms with E-state index < -0.39 is 46.4 Å². The number of benzene rings is 1. The third-order valence-corrected chi connectivity index (χ3v) is 11.9. The summed E-state index contributed by atoms with van der Waals surface area (Å²) in [5.41, 5.74) is 1.06. The largest absolute Gasteiger partial charge is 0.354 e. The fourth-order valence-corrected chi connectivity index (χ4v) is 10.1. The molecule has 2 saturated heterocycles. The van der Waals surface area contributed by atoms with Gasteiger partial charge in [-0.25, -0.2) is 32.9 Å². The van der Waals surface area contributed by atoms with Crippen molar-refractivity contribution in [2.24, 2.45) is 23.7 Å². The summed E-state index contributed by atoms with van der Waals surface area (Å²) < 4.78 is 49.6. The van der Waals surface area contributed by atoms with Gasteiger partial charge in [-0.2, -0.15) is 0 Å². The molecular weight excluding hydrogens is 640 g/mol. The van der Waals surface area contributed by atoms with Gasteiger partial charge in [0.1, 0.15) is 18.5 Å². The predicted octanol–water partition coefficient (Wildman–Crippen LogP) is 3.13. The van der Waals surface area contributed by atoms with E-state index in [1.54, 1.807) is 30.5 Å². The van der Waals surface area contributed by atoms with Crippen LogP contribution in [0, 0.1) is 23.7 Å². The Morgan fingerprint density at radius 1 is 0.938 bits per heavy atom. The van der Waals surface area contributed by atoms with Gasteiger partial charge in [-0.3, -0.25) is 14.7 Å². The van der Waals surface area contributed by atoms with Crippen molar-refractivity contribution in [3.05, 3.63) is 36.9 Å². The maximum Gasteiger partial charge on any atom is 0.324 e. The van der Waals surface area contributed by atoms with Crippen LogP contribution in [0.3, 0.4) is 0 Å². The third-order valence-electron chi connectivity index (χ3n) is 10.4. The van der Waals surface area contributed by atoms with Crippen LogP contribution in [0.5, 0.6) is 0 Å². The molecular formula is C32H40N8O7S. The van der Waals surface area contributed by atoms with Gasteiger partial charge in [-0.05, 0) is 101 Å². The van der Waals surface area contributed by atoms with Crippen LogP contribution in [0.25, 0.3) is 11.2 Å². The van der Waals surface area contributed by atoms with Crippen LogP contribution in [0.1, 0.15) is 59.1 Å². The molecule has 3 aromatic rings. The molecule has 2 aromatic heterocycles. The summed E-state index contributed by atoms with van der Waals surface area (Å²) in [6.07, 6.45) is 5.62. The lowest BCUT2D eigenvalue weighted by molar-refractivity contribution is -0.197. The molecule has 4 aliphatic carbocycles. The minimum absolute atomic E-state index is 0.00549. The summed E-state index contributed by atoms with van der Waals surface area (Å²) in [5, 5.41) is 8.20. The number of carbonyl (C=O) groups is 2. The van der Waals surface area contributed by atoms with Gasteiger partial charge in [0, 0.05) is 18.3 Å². The number of hydrogen-bond donors (Lipinski definition) is 4. The van der Waals surface area contributed by atoms with E-state index in [-0.39, 0.29) is 22.7 Å². The number of rotatable bonds is 8. The molecule has 48 heavy (non-hydrogen) atoms. The number of amides is 3. The van der Waals surface area contributed by atoms with Crippen LogP contribution >= 0.6 is 0 Å². The van der Waals surface area contributed by atoms with E-state index in [4.69, 9.17) is 14.2 Å². The first-order valence-electron chi connectivity index (χ1n) is 16.6. The molecule has 0 unspecified atom stereocenters. The summed E-state index contributed by atoms with van der Waals surface area (Å²) in [7, 11) is -3.71. The highest BCUT2D eigenvalue weighted by molar-refractivity contribution is 7.89. The SMILES string of the molecule is CCNC(=O)[C@H]1O[C@@H](n2cnc3c(NC(=O)Nc4ccc(S(=O)(=O)NC5C6CC7CC(C6)CC5C7)cc4)ncnc32)[C@@H]2OC(C)(C)O[C@@H]21. The Labute approximate surface area is 278 Å². The summed E-state index contributed by atoms with van der Waals surface area (Å²) in [6.45, 7) is 5.81. The molecule has 4 saturated carbocycles. The summed E-state index contributed by atoms with van der Waals surface area (Å²) >= 11 is 0. The van der Waals surface area contributed by atoms with Gasteiger partial charge in [-0.15, -0.1) is 0 Å². The van der Waals surface area contributed by atoms with E-state index in [0.717, 1.165) is 37.5 Å². The average molecular weight is 681 g/mol. The molecule has 4 N–H and O–H groups in total. The Morgan fingerprint density at radius 2 is 1.62 bits per heavy atom. The zero-order valence-electron chi connectivity index (χ0n) is 27.0. The van der Waals surface area contributed by atoms with Crippen molar-refractivity contribution < 1.29 is 32.2 Å². The maximum atomic E-state index is 13.3. The van der Waals surface area contributed by atoms with E-state index in [0.29, 0.717) is 35.2 Å². The van der Waals surface area contributed by atoms with Crippen LogP contribution in [-0.4, -0.2) is 76.6 Å². The monoisotopic (exact) mass is 680 g/mol. The topological polar surface area (TPSA) is 188 Å². The standard InChI is InChI=1S/C32H40N8O7S/c1-4-33-29(41)25-24-26(47-32(2,3)46-24)30(45-25)40-15-36-23-27(34-14-35-28(23)40)38-31(42)37-20-5-7-21(8-6-20)48(43,44)39-22-18-10-16-9-17(12-18)13-19(22)11-16/h5-8,14-19,22,24-26,30,39H,4,9-13H2,1-3H3,(H,33,41)(H2,34,35,37,38,42)/t16?,17?,18?,19?,22?,24-,25+,26-,30-/m1/s1. The Kier molecular flexibility index (Phi) is 7.71. The summed E-state index contributed by atoms with van der Waals surface area (Å²) in [5.74, 6) is 1.27. The Hall–Kier alpha value is -3.70. The van der Waals surface area contributed by atoms with Gasteiger partial charge < -0.3 is 24.8 Å². The number of hydrogen-bond acceptors (Lipinski definition) is 10. The van der Waals surface area contributed by atoms with Gasteiger partial charge >= 0.3 is 6.03 Å². The second-order valence-corrected chi connectivity index (χ2v) is 15.8. The molecule has 4 bridgehead atoms. The number of anilines is 2. The molecule has 1 aromatic carbocycles. The van der Waals surface area contributed by atoms with Crippen molar-refractivity contribution in [1.29, 1.82) is 0 Å². The zero-order chi connectivity index (χ0) is 33.4. The minimum Gasteiger partial charge on any atom is -0.354 e. The van der Waals surface area contributed by atoms with Gasteiger partial charge in [-0.1, -0.05) is 0 Å². The Bertz CT molecular complexity index is 1820. The number of urea groups is 1. The second kappa shape index (κ2) is 11.7. The minimum atomic E-state index is -3.71. The van der Waals surface area contributed by atoms with E-state index in [1.165, 1.54) is 31.2 Å². The molecule has 2 aliphatic heterocycles. The van der Waals surface area contributed by atoms with Crippen molar-refractivity contribution in [3.8, 4) is 0 Å². The first-order valence-corrected chi connectivity index (χ1v) is 18.1. The van der Waals surface area contributed by atoms with E-state index >= 15 is 0 Å². The molecule has 0 radical (unpaired) electrons. The molecule has 16 heteroatoms. The van der Waals surface area contributed by atoms with Crippen LogP contribution in [0.4, 0.5) is 16.3 Å². The number of imidazole rings is 1. The summed E-state index contributed by atoms with van der Waals surface area (Å²) in [4.78, 5) is 39.0. The second-order valence-electron chi connectivity index (χ2n) is 14.1. The van der Waals surface area contributed by atoms with Crippen LogP contribution in [0.2, 0.25) is 0 Å². The zero-order valence-corrected chi connectivity index (χ0v) is 27.8. The lowest BCUT2D eigenvalue weighted by atomic mass is 9.54. The highest BCUT2D eigenvalue weighted by Crippen LogP contribution is 2.54. The first-order chi connectivity index (χ1) is 23.0. The number of aromatic nitrogens is 4. The van der Waals surface area contributed by atoms with Gasteiger partial charge in [0.2, 0.25) is 10.0 Å². The fraction of sp³-hybridized carbons (Fsp3) is 0.594. The number of nitrogens with one attached hydrogen (secondary N) is 4. The normalized spacial score (nSPS) is 33.1. The third kappa shape index (κ3) is 5.62. The van der Waals surface area contributed by atoms with Crippen molar-refractivity contribution in [3.63, 3.8) is 0 Å². The number of carbonyl (C=O) groups excluding carboxylic acids is 2. The Balaban J connectivity index is 0.942. The van der Waals surface area contributed by atoms with Crippen molar-refractivity contribution >= 4 is 44.6 Å². The molecule has 4 heterocycles. The smallest absolute Gasteiger partial charge is 0.324 e. The summed E-state index contributed by atoms with van der Waals surface area (Å²) in [6, 6.07) is 5.50. The molecule has 15 nitrogen and oxygen atoms in total. The number of nitrogens with zero attached hydrogens (tertiary/aromatic N) is 4. The van der Waals surface area contributed by atoms with Crippen molar-refractivity contribution in [1.82, 2.24) is 29.6 Å². The number of likely N-dealkylation sites (N-methyl/N-ethyl adjacent to an activating group) is 1. The molecule has 9 rings (SSSR count). The molecule has 0 spiro atoms. The number of ether oxygens (including phenoxy) is 3. The molecule has 6 fully saturated rings. The molecule has 4 atom stereocenters.